The number of aliphatic carboxylic acids is 2. The third kappa shape index (κ3) is 49.3. The van der Waals surface area contributed by atoms with Crippen LogP contribution in [0.15, 0.2) is 12.2 Å². The van der Waals surface area contributed by atoms with Crippen LogP contribution < -0.4 is 0 Å². The molecular formula is C36H70O4Zn. The van der Waals surface area contributed by atoms with E-state index in [4.69, 9.17) is 10.2 Å². The van der Waals surface area contributed by atoms with Gasteiger partial charge < -0.3 is 10.2 Å². The summed E-state index contributed by atoms with van der Waals surface area (Å²) in [6, 6.07) is 0. The van der Waals surface area contributed by atoms with Gasteiger partial charge in [0.2, 0.25) is 0 Å². The predicted octanol–water partition coefficient (Wildman–Crippen LogP) is 12.4. The molecule has 0 aliphatic heterocycles. The first-order chi connectivity index (χ1) is 19.5. The van der Waals surface area contributed by atoms with Gasteiger partial charge >= 0.3 is 11.9 Å². The summed E-state index contributed by atoms with van der Waals surface area (Å²) in [5.74, 6) is -1.32. The van der Waals surface area contributed by atoms with Crippen LogP contribution in [0.5, 0.6) is 0 Å². The standard InChI is InChI=1S/C18H36O2.C18H34O2.Zn/c2*1-2-3-4-5-6-7-8-9-10-11-12-13-14-15-16-17-18(19)20;/h2-17H2,1H3,(H,19,20);9-10H,2-8,11-17H2,1H3,(H,19,20);. The second-order valence-corrected chi connectivity index (χ2v) is 11.8. The average molecular weight is 632 g/mol. The molecule has 0 saturated heterocycles. The van der Waals surface area contributed by atoms with E-state index in [0.717, 1.165) is 25.7 Å². The maximum atomic E-state index is 10.3. The van der Waals surface area contributed by atoms with Crippen LogP contribution in [0, 0.1) is 0 Å². The Hall–Kier alpha value is -0.697. The largest absolute Gasteiger partial charge is 0.481 e. The number of rotatable bonds is 31. The minimum absolute atomic E-state index is 0. The van der Waals surface area contributed by atoms with E-state index in [0.29, 0.717) is 12.8 Å². The molecule has 0 spiro atoms. The van der Waals surface area contributed by atoms with Crippen molar-refractivity contribution in [2.45, 2.75) is 206 Å². The van der Waals surface area contributed by atoms with Crippen molar-refractivity contribution in [1.82, 2.24) is 0 Å². The summed E-state index contributed by atoms with van der Waals surface area (Å²) in [5.41, 5.74) is 0. The van der Waals surface area contributed by atoms with Crippen molar-refractivity contribution in [3.63, 3.8) is 0 Å². The number of carboxylic acids is 2. The molecule has 0 saturated carbocycles. The van der Waals surface area contributed by atoms with E-state index in [9.17, 15) is 9.59 Å². The van der Waals surface area contributed by atoms with Crippen LogP contribution in [0.1, 0.15) is 206 Å². The normalized spacial score (nSPS) is 10.8. The summed E-state index contributed by atoms with van der Waals surface area (Å²) >= 11 is 0. The summed E-state index contributed by atoms with van der Waals surface area (Å²) in [6.07, 6.45) is 41.4. The van der Waals surface area contributed by atoms with E-state index in [1.165, 1.54) is 154 Å². The molecule has 4 nitrogen and oxygen atoms in total. The molecule has 0 aromatic carbocycles. The van der Waals surface area contributed by atoms with Gasteiger partial charge in [0.25, 0.3) is 0 Å². The van der Waals surface area contributed by atoms with Gasteiger partial charge in [0.1, 0.15) is 0 Å². The Labute approximate surface area is 269 Å². The molecule has 0 aromatic heterocycles. The molecule has 0 aliphatic rings. The zero-order valence-corrected chi connectivity index (χ0v) is 30.8. The van der Waals surface area contributed by atoms with Crippen LogP contribution in [-0.4, -0.2) is 22.2 Å². The molecule has 0 unspecified atom stereocenters. The van der Waals surface area contributed by atoms with E-state index >= 15 is 0 Å². The molecule has 0 fully saturated rings. The molecule has 0 radical (unpaired) electrons. The van der Waals surface area contributed by atoms with Gasteiger partial charge in [0.05, 0.1) is 0 Å². The minimum Gasteiger partial charge on any atom is -0.481 e. The smallest absolute Gasteiger partial charge is 0.303 e. The Kier molecular flexibility index (Phi) is 45.2. The number of carboxylic acid groups (broad SMARTS) is 2. The van der Waals surface area contributed by atoms with Crippen molar-refractivity contribution in [2.75, 3.05) is 0 Å². The summed E-state index contributed by atoms with van der Waals surface area (Å²) in [7, 11) is 0. The Bertz CT molecular complexity index is 536. The fraction of sp³-hybridized carbons (Fsp3) is 0.889. The van der Waals surface area contributed by atoms with Crippen molar-refractivity contribution in [3.8, 4) is 0 Å². The minimum atomic E-state index is -0.664. The third-order valence-electron chi connectivity index (χ3n) is 7.65. The van der Waals surface area contributed by atoms with E-state index in [-0.39, 0.29) is 19.5 Å². The molecule has 0 aliphatic carbocycles. The van der Waals surface area contributed by atoms with Crippen LogP contribution in [0.4, 0.5) is 0 Å². The van der Waals surface area contributed by atoms with E-state index in [1.54, 1.807) is 0 Å². The van der Waals surface area contributed by atoms with Crippen molar-refractivity contribution in [2.24, 2.45) is 0 Å². The fourth-order valence-corrected chi connectivity index (χ4v) is 4.99. The molecule has 240 valence electrons. The zero-order valence-electron chi connectivity index (χ0n) is 27.8. The topological polar surface area (TPSA) is 74.6 Å². The maximum Gasteiger partial charge on any atom is 0.303 e. The first-order valence-electron chi connectivity index (χ1n) is 17.6. The molecule has 5 heteroatoms. The molecule has 0 heterocycles. The van der Waals surface area contributed by atoms with E-state index in [1.807, 2.05) is 0 Å². The van der Waals surface area contributed by atoms with Crippen molar-refractivity contribution in [3.05, 3.63) is 12.2 Å². The van der Waals surface area contributed by atoms with Gasteiger partial charge in [-0.2, -0.15) is 0 Å². The molecule has 0 bridgehead atoms. The Morgan fingerprint density at radius 3 is 0.854 bits per heavy atom. The number of unbranched alkanes of at least 4 members (excludes halogenated alkanes) is 25. The Morgan fingerprint density at radius 1 is 0.390 bits per heavy atom. The monoisotopic (exact) mass is 630 g/mol. The van der Waals surface area contributed by atoms with Gasteiger partial charge in [0, 0.05) is 32.3 Å². The van der Waals surface area contributed by atoms with E-state index < -0.39 is 11.9 Å². The molecule has 0 aromatic rings. The average Bonchev–Trinajstić information content (AvgIpc) is 2.93. The number of hydrogen-bond acceptors (Lipinski definition) is 2. The zero-order chi connectivity index (χ0) is 29.8. The van der Waals surface area contributed by atoms with E-state index in [2.05, 4.69) is 26.0 Å². The maximum absolute atomic E-state index is 10.3. The molecule has 0 rings (SSSR count). The van der Waals surface area contributed by atoms with Gasteiger partial charge in [-0.3, -0.25) is 9.59 Å². The van der Waals surface area contributed by atoms with Crippen LogP contribution >= 0.6 is 0 Å². The van der Waals surface area contributed by atoms with Gasteiger partial charge in [-0.05, 0) is 38.5 Å². The number of hydrogen-bond donors (Lipinski definition) is 2. The van der Waals surface area contributed by atoms with Gasteiger partial charge in [-0.1, -0.05) is 167 Å². The number of carbonyl (C=O) groups is 2. The fourth-order valence-electron chi connectivity index (χ4n) is 4.99. The summed E-state index contributed by atoms with van der Waals surface area (Å²) in [4.78, 5) is 20.7. The SMILES string of the molecule is CCCCCCCCC=CCCCCCCCC(=O)O.CCCCCCCCCCCCCCCCCC(=O)O.[Zn]. The first kappa shape index (κ1) is 44.7. The first-order valence-corrected chi connectivity index (χ1v) is 17.6. The molecule has 0 amide bonds. The van der Waals surface area contributed by atoms with Crippen LogP contribution in [0.25, 0.3) is 0 Å². The van der Waals surface area contributed by atoms with Crippen LogP contribution in [-0.2, 0) is 29.1 Å². The van der Waals surface area contributed by atoms with Crippen molar-refractivity contribution >= 4 is 11.9 Å². The Balaban J connectivity index is -0.000000688. The van der Waals surface area contributed by atoms with Gasteiger partial charge in [-0.15, -0.1) is 0 Å². The molecule has 41 heavy (non-hydrogen) atoms. The number of allylic oxidation sites excluding steroid dienone is 2. The van der Waals surface area contributed by atoms with Crippen LogP contribution in [0.3, 0.4) is 0 Å². The molecule has 0 atom stereocenters. The summed E-state index contributed by atoms with van der Waals surface area (Å²) in [5, 5.41) is 17.0. The quantitative estimate of drug-likeness (QED) is 0.0453. The molecular weight excluding hydrogens is 562 g/mol. The summed E-state index contributed by atoms with van der Waals surface area (Å²) in [6.45, 7) is 4.53. The second-order valence-electron chi connectivity index (χ2n) is 11.8. The summed E-state index contributed by atoms with van der Waals surface area (Å²) < 4.78 is 0. The molecule has 2 N–H and O–H groups in total. The second kappa shape index (κ2) is 41.4. The van der Waals surface area contributed by atoms with Gasteiger partial charge in [0.15, 0.2) is 0 Å². The predicted molar refractivity (Wildman–Crippen MR) is 174 cm³/mol. The van der Waals surface area contributed by atoms with Crippen LogP contribution in [0.2, 0.25) is 0 Å². The van der Waals surface area contributed by atoms with Gasteiger partial charge in [-0.25, -0.2) is 0 Å². The van der Waals surface area contributed by atoms with Crippen molar-refractivity contribution < 1.29 is 39.3 Å². The van der Waals surface area contributed by atoms with Crippen molar-refractivity contribution in [1.29, 1.82) is 0 Å². The Morgan fingerprint density at radius 2 is 0.610 bits per heavy atom. The third-order valence-corrected chi connectivity index (χ3v) is 7.65.